The van der Waals surface area contributed by atoms with Crippen LogP contribution in [0.25, 0.3) is 0 Å². The molecule has 2 rings (SSSR count). The summed E-state index contributed by atoms with van der Waals surface area (Å²) in [6.45, 7) is 1.95. The molecule has 0 amide bonds. The highest BCUT2D eigenvalue weighted by Crippen LogP contribution is 2.28. The van der Waals surface area contributed by atoms with Crippen molar-refractivity contribution in [3.63, 3.8) is 0 Å². The fourth-order valence-corrected chi connectivity index (χ4v) is 3.37. The molecule has 20 heavy (non-hydrogen) atoms. The summed E-state index contributed by atoms with van der Waals surface area (Å²) >= 11 is 8.43. The van der Waals surface area contributed by atoms with Gasteiger partial charge in [0.1, 0.15) is 11.0 Å². The molecule has 1 heterocycles. The van der Waals surface area contributed by atoms with E-state index in [2.05, 4.69) is 33.0 Å². The lowest BCUT2D eigenvalue weighted by molar-refractivity contribution is 0.581. The molecule has 108 valence electrons. The quantitative estimate of drug-likeness (QED) is 0.785. The summed E-state index contributed by atoms with van der Waals surface area (Å²) in [6.07, 6.45) is 0.719. The van der Waals surface area contributed by atoms with Crippen LogP contribution in [-0.4, -0.2) is 16.8 Å². The van der Waals surface area contributed by atoms with E-state index in [9.17, 15) is 4.39 Å². The van der Waals surface area contributed by atoms with Gasteiger partial charge in [0.15, 0.2) is 0 Å². The van der Waals surface area contributed by atoms with E-state index in [1.807, 2.05) is 27.1 Å². The minimum atomic E-state index is -0.219. The lowest BCUT2D eigenvalue weighted by Gasteiger charge is -2.18. The Labute approximate surface area is 136 Å². The van der Waals surface area contributed by atoms with Gasteiger partial charge in [-0.1, -0.05) is 17.7 Å². The van der Waals surface area contributed by atoms with Gasteiger partial charge in [0.2, 0.25) is 0 Å². The number of benzene rings is 1. The number of nitrogens with zero attached hydrogens (tertiary/aromatic N) is 2. The average molecular weight is 408 g/mol. The Hall–Kier alpha value is -0.660. The first-order valence-corrected chi connectivity index (χ1v) is 7.70. The summed E-state index contributed by atoms with van der Waals surface area (Å²) in [7, 11) is 3.72. The van der Waals surface area contributed by atoms with Crippen molar-refractivity contribution in [1.29, 1.82) is 0 Å². The Morgan fingerprint density at radius 2 is 2.20 bits per heavy atom. The zero-order chi connectivity index (χ0) is 14.9. The zero-order valence-electron chi connectivity index (χ0n) is 11.5. The highest BCUT2D eigenvalue weighted by Gasteiger charge is 2.19. The molecular weight excluding hydrogens is 392 g/mol. The summed E-state index contributed by atoms with van der Waals surface area (Å²) in [4.78, 5) is 0. The molecule has 1 aromatic carbocycles. The van der Waals surface area contributed by atoms with Crippen LogP contribution in [0.4, 0.5) is 4.39 Å². The Morgan fingerprint density at radius 3 is 2.70 bits per heavy atom. The second kappa shape index (κ2) is 6.41. The van der Waals surface area contributed by atoms with E-state index in [1.54, 1.807) is 4.68 Å². The number of rotatable bonds is 4. The Morgan fingerprint density at radius 1 is 1.50 bits per heavy atom. The van der Waals surface area contributed by atoms with E-state index < -0.39 is 0 Å². The van der Waals surface area contributed by atoms with Crippen molar-refractivity contribution in [2.24, 2.45) is 7.05 Å². The summed E-state index contributed by atoms with van der Waals surface area (Å²) < 4.78 is 15.8. The van der Waals surface area contributed by atoms with Gasteiger partial charge in [-0.2, -0.15) is 5.10 Å². The monoisotopic (exact) mass is 407 g/mol. The first-order chi connectivity index (χ1) is 9.43. The maximum Gasteiger partial charge on any atom is 0.130 e. The lowest BCUT2D eigenvalue weighted by Crippen LogP contribution is -2.20. The summed E-state index contributed by atoms with van der Waals surface area (Å²) in [5, 5.41) is 8.24. The van der Waals surface area contributed by atoms with Crippen molar-refractivity contribution in [3.05, 3.63) is 49.6 Å². The van der Waals surface area contributed by atoms with E-state index in [4.69, 9.17) is 11.6 Å². The van der Waals surface area contributed by atoms with Gasteiger partial charge in [-0.25, -0.2) is 4.39 Å². The van der Waals surface area contributed by atoms with Gasteiger partial charge in [-0.3, -0.25) is 4.68 Å². The molecule has 2 aromatic rings. The van der Waals surface area contributed by atoms with Gasteiger partial charge in [-0.05, 0) is 60.7 Å². The SMILES string of the molecule is CNC(Cc1c(C)nn(C)c1Cl)c1ccc(F)cc1I. The van der Waals surface area contributed by atoms with Crippen LogP contribution in [0.5, 0.6) is 0 Å². The molecule has 1 N–H and O–H groups in total. The molecule has 0 aliphatic heterocycles. The molecule has 1 unspecified atom stereocenters. The van der Waals surface area contributed by atoms with Gasteiger partial charge in [0.05, 0.1) is 5.69 Å². The minimum Gasteiger partial charge on any atom is -0.313 e. The van der Waals surface area contributed by atoms with E-state index in [0.717, 1.165) is 26.8 Å². The van der Waals surface area contributed by atoms with E-state index in [-0.39, 0.29) is 11.9 Å². The van der Waals surface area contributed by atoms with Gasteiger partial charge < -0.3 is 5.32 Å². The van der Waals surface area contributed by atoms with Crippen LogP contribution in [0.2, 0.25) is 5.15 Å². The predicted molar refractivity (Wildman–Crippen MR) is 87.6 cm³/mol. The highest BCUT2D eigenvalue weighted by atomic mass is 127. The van der Waals surface area contributed by atoms with Crippen LogP contribution in [0.1, 0.15) is 22.9 Å². The fourth-order valence-electron chi connectivity index (χ4n) is 2.26. The van der Waals surface area contributed by atoms with Crippen LogP contribution in [0.15, 0.2) is 18.2 Å². The molecule has 0 aliphatic rings. The second-order valence-corrected chi connectivity index (χ2v) is 6.21. The van der Waals surface area contributed by atoms with E-state index in [1.165, 1.54) is 12.1 Å². The van der Waals surface area contributed by atoms with Crippen molar-refractivity contribution in [1.82, 2.24) is 15.1 Å². The molecule has 0 fully saturated rings. The van der Waals surface area contributed by atoms with Crippen LogP contribution >= 0.6 is 34.2 Å². The first kappa shape index (κ1) is 15.7. The summed E-state index contributed by atoms with van der Waals surface area (Å²) in [5.41, 5.74) is 3.01. The van der Waals surface area contributed by atoms with E-state index >= 15 is 0 Å². The van der Waals surface area contributed by atoms with Crippen LogP contribution in [0.3, 0.4) is 0 Å². The molecule has 6 heteroatoms. The van der Waals surface area contributed by atoms with Crippen LogP contribution in [-0.2, 0) is 13.5 Å². The largest absolute Gasteiger partial charge is 0.313 e. The minimum absolute atomic E-state index is 0.0721. The first-order valence-electron chi connectivity index (χ1n) is 6.24. The number of aryl methyl sites for hydroxylation is 2. The Bertz CT molecular complexity index is 627. The van der Waals surface area contributed by atoms with E-state index in [0.29, 0.717) is 5.15 Å². The average Bonchev–Trinajstić information content (AvgIpc) is 2.62. The van der Waals surface area contributed by atoms with Crippen molar-refractivity contribution >= 4 is 34.2 Å². The van der Waals surface area contributed by atoms with Crippen LogP contribution < -0.4 is 5.32 Å². The maximum atomic E-state index is 13.2. The molecule has 0 saturated heterocycles. The topological polar surface area (TPSA) is 29.9 Å². The number of halogens is 3. The molecule has 0 saturated carbocycles. The van der Waals surface area contributed by atoms with Crippen molar-refractivity contribution in [2.45, 2.75) is 19.4 Å². The number of likely N-dealkylation sites (N-methyl/N-ethyl adjacent to an activating group) is 1. The van der Waals surface area contributed by atoms with Crippen molar-refractivity contribution in [2.75, 3.05) is 7.05 Å². The number of nitrogens with one attached hydrogen (secondary N) is 1. The maximum absolute atomic E-state index is 13.2. The molecule has 1 aromatic heterocycles. The normalized spacial score (nSPS) is 12.7. The standard InChI is InChI=1S/C14H16ClFIN3/c1-8-11(14(15)20(3)19-8)7-13(18-2)10-5-4-9(16)6-12(10)17/h4-6,13,18H,7H2,1-3H3. The molecule has 1 atom stereocenters. The number of aromatic nitrogens is 2. The van der Waals surface area contributed by atoms with Crippen molar-refractivity contribution in [3.8, 4) is 0 Å². The smallest absolute Gasteiger partial charge is 0.130 e. The van der Waals surface area contributed by atoms with Gasteiger partial charge in [-0.15, -0.1) is 0 Å². The molecule has 0 radical (unpaired) electrons. The molecule has 0 spiro atoms. The molecule has 0 bridgehead atoms. The number of hydrogen-bond acceptors (Lipinski definition) is 2. The Kier molecular flexibility index (Phi) is 5.04. The summed E-state index contributed by atoms with van der Waals surface area (Å²) in [5.74, 6) is -0.219. The lowest BCUT2D eigenvalue weighted by atomic mass is 9.99. The fraction of sp³-hybridized carbons (Fsp3) is 0.357. The zero-order valence-corrected chi connectivity index (χ0v) is 14.5. The predicted octanol–water partition coefficient (Wildman–Crippen LogP) is 3.63. The van der Waals surface area contributed by atoms with Crippen LogP contribution in [0, 0.1) is 16.3 Å². The molecule has 0 aliphatic carbocycles. The Balaban J connectivity index is 2.33. The van der Waals surface area contributed by atoms with Gasteiger partial charge >= 0.3 is 0 Å². The molecule has 3 nitrogen and oxygen atoms in total. The third-order valence-electron chi connectivity index (χ3n) is 3.36. The third kappa shape index (κ3) is 3.15. The van der Waals surface area contributed by atoms with Crippen molar-refractivity contribution < 1.29 is 4.39 Å². The third-order valence-corrected chi connectivity index (χ3v) is 4.77. The van der Waals surface area contributed by atoms with Gasteiger partial charge in [0.25, 0.3) is 0 Å². The summed E-state index contributed by atoms with van der Waals surface area (Å²) in [6, 6.07) is 4.91. The number of hydrogen-bond donors (Lipinski definition) is 1. The molecular formula is C14H16ClFIN3. The van der Waals surface area contributed by atoms with Gasteiger partial charge in [0, 0.05) is 22.2 Å². The second-order valence-electron chi connectivity index (χ2n) is 4.69. The highest BCUT2D eigenvalue weighted by molar-refractivity contribution is 14.1.